The summed E-state index contributed by atoms with van der Waals surface area (Å²) in [4.78, 5) is 25.5. The second-order valence-corrected chi connectivity index (χ2v) is 4.53. The lowest BCUT2D eigenvalue weighted by Gasteiger charge is -2.27. The van der Waals surface area contributed by atoms with Gasteiger partial charge < -0.3 is 4.74 Å². The van der Waals surface area contributed by atoms with Gasteiger partial charge in [0.05, 0.1) is 7.11 Å². The maximum Gasteiger partial charge on any atom is 0.265 e. The summed E-state index contributed by atoms with van der Waals surface area (Å²) >= 11 is 4.96. The number of amides is 2. The SMILES string of the molecule is CCN1C(=O)/C(=C\c2cccc(OC)c2)C(=O)NC1=S. The van der Waals surface area contributed by atoms with Crippen molar-refractivity contribution in [2.24, 2.45) is 0 Å². The summed E-state index contributed by atoms with van der Waals surface area (Å²) in [6, 6.07) is 7.12. The van der Waals surface area contributed by atoms with Gasteiger partial charge in [0, 0.05) is 6.54 Å². The van der Waals surface area contributed by atoms with E-state index in [1.807, 2.05) is 0 Å². The molecule has 1 aliphatic rings. The molecule has 1 aromatic rings. The highest BCUT2D eigenvalue weighted by Crippen LogP contribution is 2.18. The fourth-order valence-electron chi connectivity index (χ4n) is 1.88. The number of thiocarbonyl (C=S) groups is 1. The number of carbonyl (C=O) groups is 2. The summed E-state index contributed by atoms with van der Waals surface area (Å²) < 4.78 is 5.11. The first-order valence-corrected chi connectivity index (χ1v) is 6.50. The molecule has 5 nitrogen and oxygen atoms in total. The lowest BCUT2D eigenvalue weighted by Crippen LogP contribution is -2.53. The van der Waals surface area contributed by atoms with E-state index in [9.17, 15) is 9.59 Å². The van der Waals surface area contributed by atoms with Gasteiger partial charge >= 0.3 is 0 Å². The Balaban J connectivity index is 2.38. The van der Waals surface area contributed by atoms with Crippen LogP contribution in [0, 0.1) is 0 Å². The Morgan fingerprint density at radius 2 is 2.15 bits per heavy atom. The Hall–Kier alpha value is -2.21. The van der Waals surface area contributed by atoms with Crippen molar-refractivity contribution in [3.8, 4) is 5.75 Å². The van der Waals surface area contributed by atoms with Crippen molar-refractivity contribution >= 4 is 35.2 Å². The molecule has 2 rings (SSSR count). The standard InChI is InChI=1S/C14H14N2O3S/c1-3-16-13(18)11(12(17)15-14(16)20)8-9-5-4-6-10(7-9)19-2/h4-8H,3H2,1-2H3,(H,15,17,20)/b11-8-. The maximum absolute atomic E-state index is 12.2. The van der Waals surface area contributed by atoms with Crippen molar-refractivity contribution in [2.45, 2.75) is 6.92 Å². The predicted octanol–water partition coefficient (Wildman–Crippen LogP) is 1.34. The molecule has 104 valence electrons. The molecular formula is C14H14N2O3S. The predicted molar refractivity (Wildman–Crippen MR) is 79.1 cm³/mol. The third-order valence-electron chi connectivity index (χ3n) is 2.91. The van der Waals surface area contributed by atoms with Gasteiger partial charge in [0.25, 0.3) is 11.8 Å². The zero-order chi connectivity index (χ0) is 14.7. The molecule has 1 aromatic carbocycles. The number of rotatable bonds is 3. The molecule has 0 aromatic heterocycles. The maximum atomic E-state index is 12.2. The molecule has 0 saturated carbocycles. The number of nitrogens with zero attached hydrogens (tertiary/aromatic N) is 1. The molecule has 0 radical (unpaired) electrons. The van der Waals surface area contributed by atoms with Gasteiger partial charge in [0.1, 0.15) is 11.3 Å². The van der Waals surface area contributed by atoms with E-state index in [-0.39, 0.29) is 16.6 Å². The van der Waals surface area contributed by atoms with E-state index in [1.54, 1.807) is 38.3 Å². The summed E-state index contributed by atoms with van der Waals surface area (Å²) in [5.41, 5.74) is 0.778. The van der Waals surface area contributed by atoms with E-state index < -0.39 is 5.91 Å². The number of benzene rings is 1. The smallest absolute Gasteiger partial charge is 0.265 e. The summed E-state index contributed by atoms with van der Waals surface area (Å²) in [5.74, 6) is -0.206. The molecule has 20 heavy (non-hydrogen) atoms. The van der Waals surface area contributed by atoms with Crippen LogP contribution in [0.2, 0.25) is 0 Å². The van der Waals surface area contributed by atoms with Crippen molar-refractivity contribution in [2.75, 3.05) is 13.7 Å². The average Bonchev–Trinajstić information content (AvgIpc) is 2.44. The largest absolute Gasteiger partial charge is 0.497 e. The highest BCUT2D eigenvalue weighted by Gasteiger charge is 2.32. The minimum absolute atomic E-state index is 0.0636. The average molecular weight is 290 g/mol. The second-order valence-electron chi connectivity index (χ2n) is 4.14. The topological polar surface area (TPSA) is 58.6 Å². The lowest BCUT2D eigenvalue weighted by atomic mass is 10.1. The van der Waals surface area contributed by atoms with E-state index in [0.29, 0.717) is 17.9 Å². The molecule has 0 bridgehead atoms. The third kappa shape index (κ3) is 2.70. The first-order valence-electron chi connectivity index (χ1n) is 6.09. The Morgan fingerprint density at radius 3 is 2.80 bits per heavy atom. The van der Waals surface area contributed by atoms with Crippen LogP contribution in [0.5, 0.6) is 5.75 Å². The van der Waals surface area contributed by atoms with E-state index in [0.717, 1.165) is 0 Å². The van der Waals surface area contributed by atoms with Crippen molar-refractivity contribution in [1.82, 2.24) is 10.2 Å². The van der Waals surface area contributed by atoms with Crippen molar-refractivity contribution in [1.29, 1.82) is 0 Å². The number of hydrogen-bond donors (Lipinski definition) is 1. The van der Waals surface area contributed by atoms with Crippen LogP contribution in [0.15, 0.2) is 29.8 Å². The molecule has 0 spiro atoms. The van der Waals surface area contributed by atoms with Gasteiger partial charge in [-0.25, -0.2) is 0 Å². The molecule has 1 heterocycles. The fraction of sp³-hybridized carbons (Fsp3) is 0.214. The van der Waals surface area contributed by atoms with Gasteiger partial charge in [-0.3, -0.25) is 19.8 Å². The minimum Gasteiger partial charge on any atom is -0.497 e. The molecule has 1 saturated heterocycles. The van der Waals surface area contributed by atoms with Crippen LogP contribution in [0.3, 0.4) is 0 Å². The molecule has 2 amide bonds. The highest BCUT2D eigenvalue weighted by molar-refractivity contribution is 7.80. The van der Waals surface area contributed by atoms with E-state index in [1.165, 1.54) is 11.0 Å². The number of nitrogens with one attached hydrogen (secondary N) is 1. The first kappa shape index (κ1) is 14.2. The number of methoxy groups -OCH3 is 1. The normalized spacial score (nSPS) is 17.4. The van der Waals surface area contributed by atoms with Crippen LogP contribution >= 0.6 is 12.2 Å². The third-order valence-corrected chi connectivity index (χ3v) is 3.23. The Bertz CT molecular complexity index is 610. The van der Waals surface area contributed by atoms with Gasteiger partial charge in [-0.1, -0.05) is 12.1 Å². The van der Waals surface area contributed by atoms with Crippen molar-refractivity contribution < 1.29 is 14.3 Å². The minimum atomic E-state index is -0.479. The number of ether oxygens (including phenoxy) is 1. The highest BCUT2D eigenvalue weighted by atomic mass is 32.1. The number of carbonyl (C=O) groups excluding carboxylic acids is 2. The van der Waals surface area contributed by atoms with Crippen LogP contribution < -0.4 is 10.1 Å². The fourth-order valence-corrected chi connectivity index (χ4v) is 2.18. The molecule has 0 atom stereocenters. The van der Waals surface area contributed by atoms with E-state index in [2.05, 4.69) is 5.32 Å². The monoisotopic (exact) mass is 290 g/mol. The summed E-state index contributed by atoms with van der Waals surface area (Å²) in [6.45, 7) is 2.21. The molecule has 1 fully saturated rings. The lowest BCUT2D eigenvalue weighted by molar-refractivity contribution is -0.128. The molecule has 1 aliphatic heterocycles. The Kier molecular flexibility index (Phi) is 4.14. The van der Waals surface area contributed by atoms with Crippen LogP contribution in [0.1, 0.15) is 12.5 Å². The zero-order valence-electron chi connectivity index (χ0n) is 11.2. The molecule has 6 heteroatoms. The number of hydrogen-bond acceptors (Lipinski definition) is 4. The van der Waals surface area contributed by atoms with Gasteiger partial charge in [0.15, 0.2) is 5.11 Å². The number of likely N-dealkylation sites (N-methyl/N-ethyl adjacent to an activating group) is 1. The summed E-state index contributed by atoms with van der Waals surface area (Å²) in [5, 5.41) is 2.65. The van der Waals surface area contributed by atoms with Crippen molar-refractivity contribution in [3.05, 3.63) is 35.4 Å². The first-order chi connectivity index (χ1) is 9.56. The molecule has 1 N–H and O–H groups in total. The van der Waals surface area contributed by atoms with Crippen LogP contribution in [0.4, 0.5) is 0 Å². The summed E-state index contributed by atoms with van der Waals surface area (Å²) in [7, 11) is 1.56. The molecule has 0 unspecified atom stereocenters. The van der Waals surface area contributed by atoms with Crippen LogP contribution in [-0.2, 0) is 9.59 Å². The van der Waals surface area contributed by atoms with Crippen LogP contribution in [-0.4, -0.2) is 35.5 Å². The van der Waals surface area contributed by atoms with Gasteiger partial charge in [-0.2, -0.15) is 0 Å². The van der Waals surface area contributed by atoms with Gasteiger partial charge in [-0.15, -0.1) is 0 Å². The summed E-state index contributed by atoms with van der Waals surface area (Å²) in [6.07, 6.45) is 1.53. The Morgan fingerprint density at radius 1 is 1.40 bits per heavy atom. The second kappa shape index (κ2) is 5.83. The van der Waals surface area contributed by atoms with Crippen molar-refractivity contribution in [3.63, 3.8) is 0 Å². The van der Waals surface area contributed by atoms with E-state index >= 15 is 0 Å². The quantitative estimate of drug-likeness (QED) is 0.518. The molecular weight excluding hydrogens is 276 g/mol. The van der Waals surface area contributed by atoms with Gasteiger partial charge in [-0.05, 0) is 42.9 Å². The molecule has 0 aliphatic carbocycles. The van der Waals surface area contributed by atoms with E-state index in [4.69, 9.17) is 17.0 Å². The van der Waals surface area contributed by atoms with Crippen LogP contribution in [0.25, 0.3) is 6.08 Å². The Labute approximate surface area is 122 Å². The van der Waals surface area contributed by atoms with Gasteiger partial charge in [0.2, 0.25) is 0 Å². The zero-order valence-corrected chi connectivity index (χ0v) is 12.0.